The number of anilines is 1. The van der Waals surface area contributed by atoms with Crippen molar-refractivity contribution >= 4 is 40.0 Å². The lowest BCUT2D eigenvalue weighted by molar-refractivity contribution is -0.344. The molecule has 0 bridgehead atoms. The van der Waals surface area contributed by atoms with E-state index in [-0.39, 0.29) is 11.7 Å². The molecule has 41 heavy (non-hydrogen) atoms. The van der Waals surface area contributed by atoms with Crippen molar-refractivity contribution in [1.29, 1.82) is 5.41 Å². The largest absolute Gasteiger partial charge is 0.542 e. The predicted molar refractivity (Wildman–Crippen MR) is 151 cm³/mol. The van der Waals surface area contributed by atoms with Crippen molar-refractivity contribution in [2.24, 2.45) is 5.73 Å². The normalized spacial score (nSPS) is 11.5. The highest BCUT2D eigenvalue weighted by molar-refractivity contribution is 5.99. The van der Waals surface area contributed by atoms with Crippen molar-refractivity contribution in [1.82, 2.24) is 14.4 Å². The number of halogens is 3. The summed E-state index contributed by atoms with van der Waals surface area (Å²) in [6, 6.07) is 23.3. The number of nitrogens with two attached hydrogens (primary N) is 2. The van der Waals surface area contributed by atoms with Gasteiger partial charge in [-0.15, -0.1) is 0 Å². The average Bonchev–Trinajstić information content (AvgIpc) is 3.24. The number of carboxylic acids is 1. The van der Waals surface area contributed by atoms with Crippen molar-refractivity contribution in [2.45, 2.75) is 19.3 Å². The number of hydrogen-bond donors (Lipinski definition) is 4. The van der Waals surface area contributed by atoms with Crippen molar-refractivity contribution < 1.29 is 27.9 Å². The number of nitrogens with one attached hydrogen (secondary N) is 2. The molecular formula is C29H31F3N6O3. The van der Waals surface area contributed by atoms with E-state index in [1.165, 1.54) is 5.69 Å². The molecule has 6 N–H and O–H groups in total. The number of nitrogens with zero attached hydrogens (tertiary/aromatic N) is 2. The summed E-state index contributed by atoms with van der Waals surface area (Å²) in [5, 5.41) is 20.5. The summed E-state index contributed by atoms with van der Waals surface area (Å²) in [6.45, 7) is 0.898. The summed E-state index contributed by atoms with van der Waals surface area (Å²) >= 11 is 0. The molecular weight excluding hydrogens is 537 g/mol. The zero-order valence-electron chi connectivity index (χ0n) is 22.8. The number of carboxylic acid groups (broad SMARTS) is 1. The predicted octanol–water partition coefficient (Wildman–Crippen LogP) is 2.98. The minimum atomic E-state index is -5.19. The molecule has 4 rings (SSSR count). The monoisotopic (exact) mass is 568 g/mol. The molecule has 216 valence electrons. The Hall–Kier alpha value is -4.84. The van der Waals surface area contributed by atoms with E-state index in [2.05, 4.69) is 38.6 Å². The first-order valence-corrected chi connectivity index (χ1v) is 12.4. The molecule has 0 fully saturated rings. The number of hydrogen-bond acceptors (Lipinski definition) is 5. The van der Waals surface area contributed by atoms with E-state index in [0.29, 0.717) is 30.0 Å². The van der Waals surface area contributed by atoms with E-state index in [4.69, 9.17) is 26.8 Å². The van der Waals surface area contributed by atoms with Gasteiger partial charge in [-0.1, -0.05) is 30.3 Å². The Morgan fingerprint density at radius 2 is 1.61 bits per heavy atom. The highest BCUT2D eigenvalue weighted by Gasteiger charge is 2.28. The third kappa shape index (κ3) is 8.08. The van der Waals surface area contributed by atoms with Crippen LogP contribution in [-0.4, -0.2) is 49.6 Å². The van der Waals surface area contributed by atoms with Crippen LogP contribution in [0.4, 0.5) is 24.5 Å². The van der Waals surface area contributed by atoms with Gasteiger partial charge in [-0.3, -0.25) is 14.7 Å². The van der Waals surface area contributed by atoms with Crippen LogP contribution in [0.25, 0.3) is 10.9 Å². The molecule has 0 saturated heterocycles. The Morgan fingerprint density at radius 1 is 0.976 bits per heavy atom. The molecule has 0 aliphatic heterocycles. The number of rotatable bonds is 7. The van der Waals surface area contributed by atoms with Gasteiger partial charge in [0.15, 0.2) is 0 Å². The minimum absolute atomic E-state index is 0.0150. The summed E-state index contributed by atoms with van der Waals surface area (Å²) < 4.78 is 34.3. The van der Waals surface area contributed by atoms with Gasteiger partial charge in [0.05, 0.1) is 21.1 Å². The van der Waals surface area contributed by atoms with E-state index >= 15 is 0 Å². The van der Waals surface area contributed by atoms with Crippen LogP contribution in [0.5, 0.6) is 0 Å². The van der Waals surface area contributed by atoms with Crippen LogP contribution in [-0.2, 0) is 17.9 Å². The summed E-state index contributed by atoms with van der Waals surface area (Å²) in [7, 11) is 6.36. The second-order valence-corrected chi connectivity index (χ2v) is 10.2. The number of fused-ring (bicyclic) bond motifs is 1. The van der Waals surface area contributed by atoms with Gasteiger partial charge in [0.2, 0.25) is 0 Å². The van der Waals surface area contributed by atoms with Gasteiger partial charge >= 0.3 is 6.18 Å². The molecule has 12 heteroatoms. The number of amides is 1. The van der Waals surface area contributed by atoms with Crippen LogP contribution >= 0.6 is 0 Å². The Balaban J connectivity index is 0.000000587. The molecule has 0 aliphatic rings. The maximum atomic E-state index is 13.3. The molecule has 0 saturated carbocycles. The van der Waals surface area contributed by atoms with Crippen LogP contribution in [0.1, 0.15) is 27.2 Å². The van der Waals surface area contributed by atoms with Crippen LogP contribution < -0.4 is 26.4 Å². The Labute approximate surface area is 234 Å². The van der Waals surface area contributed by atoms with Crippen molar-refractivity contribution in [3.8, 4) is 0 Å². The summed E-state index contributed by atoms with van der Waals surface area (Å²) in [5.41, 5.74) is 17.6. The maximum absolute atomic E-state index is 13.3. The number of carbonyl (C=O) groups is 2. The third-order valence-corrected chi connectivity index (χ3v) is 6.13. The van der Waals surface area contributed by atoms with E-state index in [9.17, 15) is 18.0 Å². The lowest BCUT2D eigenvalue weighted by atomic mass is 10.1. The topological polar surface area (TPSA) is 150 Å². The third-order valence-electron chi connectivity index (χ3n) is 6.13. The number of aromatic nitrogens is 1. The zero-order valence-corrected chi connectivity index (χ0v) is 22.8. The van der Waals surface area contributed by atoms with Crippen LogP contribution in [0.3, 0.4) is 0 Å². The Bertz CT molecular complexity index is 1570. The lowest BCUT2D eigenvalue weighted by Gasteiger charge is -2.23. The van der Waals surface area contributed by atoms with Gasteiger partial charge < -0.3 is 31.3 Å². The van der Waals surface area contributed by atoms with Crippen LogP contribution in [0, 0.1) is 5.41 Å². The van der Waals surface area contributed by atoms with Gasteiger partial charge in [0.1, 0.15) is 23.2 Å². The summed E-state index contributed by atoms with van der Waals surface area (Å²) in [6.07, 6.45) is -5.19. The molecule has 3 aromatic carbocycles. The number of carbonyl (C=O) groups excluding carboxylic acids is 2. The summed E-state index contributed by atoms with van der Waals surface area (Å²) in [4.78, 5) is 22.0. The highest BCUT2D eigenvalue weighted by Crippen LogP contribution is 2.24. The van der Waals surface area contributed by atoms with Crippen molar-refractivity contribution in [3.05, 3.63) is 95.2 Å². The first-order valence-electron chi connectivity index (χ1n) is 12.4. The maximum Gasteiger partial charge on any atom is 0.430 e. The fourth-order valence-corrected chi connectivity index (χ4v) is 4.00. The second kappa shape index (κ2) is 12.1. The standard InChI is InChI=1S/C27H30N6O.C2HF3O2/c1-33(2,3)23-10-7-18(8-11-23)16-31-27(34)25-15-21-14-22(28)9-12-24(21)32(25)17-19-5-4-6-20(13-19)26(29)30;3-2(4,5)1(6)7/h4-15H,16-17,28H2,1-3H3,(H3-,29,30,31,34);(H,6,7). The van der Waals surface area contributed by atoms with Gasteiger partial charge in [-0.2, -0.15) is 13.2 Å². The van der Waals surface area contributed by atoms with Gasteiger partial charge in [-0.25, -0.2) is 0 Å². The van der Waals surface area contributed by atoms with Gasteiger partial charge in [0.25, 0.3) is 5.91 Å². The first kappa shape index (κ1) is 30.7. The zero-order chi connectivity index (χ0) is 30.5. The second-order valence-electron chi connectivity index (χ2n) is 10.2. The molecule has 0 radical (unpaired) electrons. The SMILES string of the molecule is C[N+](C)(C)c1ccc(CNC(=O)c2cc3cc(N)ccc3n2Cc2cccc(C(=N)N)c2)cc1.O=C([O-])C(F)(F)F. The molecule has 0 aliphatic carbocycles. The molecule has 1 aromatic heterocycles. The quantitative estimate of drug-likeness (QED) is 0.117. The molecule has 4 aromatic rings. The molecule has 1 heterocycles. The average molecular weight is 569 g/mol. The highest BCUT2D eigenvalue weighted by atomic mass is 19.4. The minimum Gasteiger partial charge on any atom is -0.542 e. The number of amidine groups is 1. The van der Waals surface area contributed by atoms with Crippen LogP contribution in [0.2, 0.25) is 0 Å². The van der Waals surface area contributed by atoms with Crippen LogP contribution in [0.15, 0.2) is 72.8 Å². The molecule has 9 nitrogen and oxygen atoms in total. The van der Waals surface area contributed by atoms with E-state index in [1.807, 2.05) is 59.2 Å². The Kier molecular flexibility index (Phi) is 9.08. The van der Waals surface area contributed by atoms with E-state index < -0.39 is 12.1 Å². The number of nitrogen functional groups attached to an aromatic ring is 2. The Morgan fingerprint density at radius 3 is 2.17 bits per heavy atom. The number of benzene rings is 3. The number of alkyl halides is 3. The molecule has 1 amide bonds. The summed E-state index contributed by atoms with van der Waals surface area (Å²) in [5.74, 6) is -3.15. The fraction of sp³-hybridized carbons (Fsp3) is 0.207. The smallest absolute Gasteiger partial charge is 0.430 e. The lowest BCUT2D eigenvalue weighted by Crippen LogP contribution is -2.37. The molecule has 0 spiro atoms. The number of aliphatic carboxylic acids is 1. The van der Waals surface area contributed by atoms with Crippen molar-refractivity contribution in [3.63, 3.8) is 0 Å². The van der Waals surface area contributed by atoms with Gasteiger partial charge in [-0.05, 0) is 53.6 Å². The molecule has 0 unspecified atom stereocenters. The molecule has 0 atom stereocenters. The van der Waals surface area contributed by atoms with Gasteiger partial charge in [0, 0.05) is 35.2 Å². The van der Waals surface area contributed by atoms with E-state index in [1.54, 1.807) is 6.07 Å². The first-order chi connectivity index (χ1) is 19.1. The number of quaternary nitrogens is 1. The fourth-order valence-electron chi connectivity index (χ4n) is 4.00. The van der Waals surface area contributed by atoms with Crippen molar-refractivity contribution in [2.75, 3.05) is 26.9 Å². The van der Waals surface area contributed by atoms with E-state index in [0.717, 1.165) is 26.5 Å².